The summed E-state index contributed by atoms with van der Waals surface area (Å²) in [5.41, 5.74) is -0.116. The van der Waals surface area contributed by atoms with E-state index in [2.05, 4.69) is 13.2 Å². The van der Waals surface area contributed by atoms with E-state index in [-0.39, 0.29) is 28.2 Å². The van der Waals surface area contributed by atoms with E-state index in [1.165, 1.54) is 31.2 Å². The molecule has 0 radical (unpaired) electrons. The van der Waals surface area contributed by atoms with Crippen molar-refractivity contribution in [1.29, 1.82) is 0 Å². The van der Waals surface area contributed by atoms with Crippen molar-refractivity contribution in [2.75, 3.05) is 0 Å². The predicted molar refractivity (Wildman–Crippen MR) is 125 cm³/mol. The largest absolute Gasteiger partial charge is 0.457 e. The molecule has 3 rings (SSSR count). The minimum Gasteiger partial charge on any atom is -0.457 e. The number of furan rings is 1. The van der Waals surface area contributed by atoms with Crippen LogP contribution in [0.3, 0.4) is 0 Å². The minimum atomic E-state index is -4.71. The van der Waals surface area contributed by atoms with Crippen molar-refractivity contribution < 1.29 is 36.7 Å². The van der Waals surface area contributed by atoms with Crippen molar-refractivity contribution >= 4 is 24.1 Å². The Morgan fingerprint density at radius 1 is 0.829 bits per heavy atom. The summed E-state index contributed by atoms with van der Waals surface area (Å²) in [5.74, 6) is -0.930. The number of rotatable bonds is 7. The van der Waals surface area contributed by atoms with E-state index >= 15 is 0 Å². The Morgan fingerprint density at radius 3 is 1.97 bits per heavy atom. The van der Waals surface area contributed by atoms with Crippen molar-refractivity contribution in [3.8, 4) is 22.8 Å². The SMILES string of the molecule is C=C(C)C(=O)Oc1ccc(/C=C/c2ccc(-c3ccc(OC(=O)C(=C)C)cc3C(F)(F)F)o2)cc1. The molecule has 1 heterocycles. The van der Waals surface area contributed by atoms with E-state index < -0.39 is 23.7 Å². The van der Waals surface area contributed by atoms with Gasteiger partial charge in [0.2, 0.25) is 0 Å². The lowest BCUT2D eigenvalue weighted by Gasteiger charge is -2.13. The van der Waals surface area contributed by atoms with Crippen LogP contribution in [-0.2, 0) is 15.8 Å². The van der Waals surface area contributed by atoms with Gasteiger partial charge in [-0.05, 0) is 68.0 Å². The molecule has 3 aromatic rings. The predicted octanol–water partition coefficient (Wildman–Crippen LogP) is 7.10. The van der Waals surface area contributed by atoms with Crippen LogP contribution < -0.4 is 9.47 Å². The third-order valence-corrected chi connectivity index (χ3v) is 4.63. The standard InChI is InChI=1S/C27H21F3O5/c1-16(2)25(31)34-20-9-6-18(7-10-20)5-8-19-12-14-24(33-19)22-13-11-21(35-26(32)17(3)4)15-23(22)27(28,29)30/h5-15H,1,3H2,2,4H3/b8-5+. The number of carbonyl (C=O) groups is 2. The first-order chi connectivity index (χ1) is 16.4. The molecule has 0 N–H and O–H groups in total. The van der Waals surface area contributed by atoms with Gasteiger partial charge < -0.3 is 13.9 Å². The lowest BCUT2D eigenvalue weighted by molar-refractivity contribution is -0.138. The lowest BCUT2D eigenvalue weighted by atomic mass is 10.0. The van der Waals surface area contributed by atoms with Crippen LogP contribution in [0.5, 0.6) is 11.5 Å². The maximum Gasteiger partial charge on any atom is 0.417 e. The molecule has 0 aliphatic carbocycles. The minimum absolute atomic E-state index is 0.00296. The summed E-state index contributed by atoms with van der Waals surface area (Å²) < 4.78 is 56.7. The van der Waals surface area contributed by atoms with Gasteiger partial charge in [0.05, 0.1) is 5.56 Å². The maximum atomic E-state index is 13.7. The molecule has 180 valence electrons. The van der Waals surface area contributed by atoms with Crippen LogP contribution in [-0.4, -0.2) is 11.9 Å². The molecule has 35 heavy (non-hydrogen) atoms. The Bertz CT molecular complexity index is 1310. The topological polar surface area (TPSA) is 65.7 Å². The number of hydrogen-bond acceptors (Lipinski definition) is 5. The molecule has 8 heteroatoms. The van der Waals surface area contributed by atoms with Crippen molar-refractivity contribution in [2.45, 2.75) is 20.0 Å². The van der Waals surface area contributed by atoms with Crippen LogP contribution in [0.2, 0.25) is 0 Å². The van der Waals surface area contributed by atoms with E-state index in [4.69, 9.17) is 13.9 Å². The molecule has 0 spiro atoms. The molecule has 0 bridgehead atoms. The van der Waals surface area contributed by atoms with Crippen molar-refractivity contribution in [2.24, 2.45) is 0 Å². The number of benzene rings is 2. The quantitative estimate of drug-likeness (QED) is 0.204. The first kappa shape index (κ1) is 25.3. The molecule has 0 atom stereocenters. The van der Waals surface area contributed by atoms with Crippen molar-refractivity contribution in [3.63, 3.8) is 0 Å². The average Bonchev–Trinajstić information content (AvgIpc) is 3.26. The molecule has 2 aromatic carbocycles. The molecular weight excluding hydrogens is 461 g/mol. The summed E-state index contributed by atoms with van der Waals surface area (Å²) in [6, 6.07) is 12.7. The fraction of sp³-hybridized carbons (Fsp3) is 0.111. The van der Waals surface area contributed by atoms with Crippen LogP contribution in [0.1, 0.15) is 30.7 Å². The number of esters is 2. The van der Waals surface area contributed by atoms with Gasteiger partial charge in [-0.15, -0.1) is 0 Å². The number of hydrogen-bond donors (Lipinski definition) is 0. The Kier molecular flexibility index (Phi) is 7.44. The van der Waals surface area contributed by atoms with E-state index in [0.717, 1.165) is 11.6 Å². The van der Waals surface area contributed by atoms with Gasteiger partial charge in [0.25, 0.3) is 0 Å². The summed E-state index contributed by atoms with van der Waals surface area (Å²) in [5, 5.41) is 0. The van der Waals surface area contributed by atoms with Gasteiger partial charge in [-0.2, -0.15) is 13.2 Å². The monoisotopic (exact) mass is 482 g/mol. The molecule has 0 amide bonds. The average molecular weight is 482 g/mol. The summed E-state index contributed by atoms with van der Waals surface area (Å²) in [4.78, 5) is 23.2. The Balaban J connectivity index is 1.80. The van der Waals surface area contributed by atoms with Gasteiger partial charge in [0.1, 0.15) is 23.0 Å². The first-order valence-electron chi connectivity index (χ1n) is 10.3. The number of alkyl halides is 3. The number of carbonyl (C=O) groups excluding carboxylic acids is 2. The third-order valence-electron chi connectivity index (χ3n) is 4.63. The van der Waals surface area contributed by atoms with E-state index in [9.17, 15) is 22.8 Å². The molecule has 0 saturated heterocycles. The highest BCUT2D eigenvalue weighted by molar-refractivity contribution is 5.89. The van der Waals surface area contributed by atoms with Crippen LogP contribution in [0.15, 0.2) is 83.3 Å². The second kappa shape index (κ2) is 10.3. The summed E-state index contributed by atoms with van der Waals surface area (Å²) in [6.45, 7) is 9.86. The van der Waals surface area contributed by atoms with Crippen molar-refractivity contribution in [1.82, 2.24) is 0 Å². The first-order valence-corrected chi connectivity index (χ1v) is 10.3. The second-order valence-electron chi connectivity index (χ2n) is 7.65. The molecule has 5 nitrogen and oxygen atoms in total. The second-order valence-corrected chi connectivity index (χ2v) is 7.65. The van der Waals surface area contributed by atoms with E-state index in [1.54, 1.807) is 43.3 Å². The molecule has 0 aliphatic heterocycles. The molecule has 1 aromatic heterocycles. The maximum absolute atomic E-state index is 13.7. The Hall–Kier alpha value is -4.33. The smallest absolute Gasteiger partial charge is 0.417 e. The summed E-state index contributed by atoms with van der Waals surface area (Å²) in [7, 11) is 0. The van der Waals surface area contributed by atoms with E-state index in [1.807, 2.05) is 0 Å². The Morgan fingerprint density at radius 2 is 1.40 bits per heavy atom. The molecule has 0 unspecified atom stereocenters. The fourth-order valence-corrected chi connectivity index (χ4v) is 2.84. The molecular formula is C27H21F3O5. The molecule has 0 aliphatic rings. The van der Waals surface area contributed by atoms with Crippen LogP contribution in [0.25, 0.3) is 23.5 Å². The zero-order valence-corrected chi connectivity index (χ0v) is 18.9. The molecule has 0 saturated carbocycles. The number of halogens is 3. The van der Waals surface area contributed by atoms with Gasteiger partial charge in [-0.25, -0.2) is 9.59 Å². The summed E-state index contributed by atoms with van der Waals surface area (Å²) in [6.07, 6.45) is -1.43. The lowest BCUT2D eigenvalue weighted by Crippen LogP contribution is -2.11. The third kappa shape index (κ3) is 6.60. The molecule has 0 fully saturated rings. The van der Waals surface area contributed by atoms with Gasteiger partial charge in [0, 0.05) is 16.7 Å². The van der Waals surface area contributed by atoms with Gasteiger partial charge in [-0.3, -0.25) is 0 Å². The van der Waals surface area contributed by atoms with Crippen molar-refractivity contribution in [3.05, 3.63) is 95.8 Å². The van der Waals surface area contributed by atoms with Gasteiger partial charge in [0.15, 0.2) is 0 Å². The highest BCUT2D eigenvalue weighted by Gasteiger charge is 2.35. The van der Waals surface area contributed by atoms with Gasteiger partial charge in [-0.1, -0.05) is 31.4 Å². The van der Waals surface area contributed by atoms with Gasteiger partial charge >= 0.3 is 18.1 Å². The van der Waals surface area contributed by atoms with Crippen LogP contribution >= 0.6 is 0 Å². The zero-order chi connectivity index (χ0) is 25.8. The van der Waals surface area contributed by atoms with Crippen LogP contribution in [0.4, 0.5) is 13.2 Å². The Labute approximate surface area is 199 Å². The highest BCUT2D eigenvalue weighted by Crippen LogP contribution is 2.40. The fourth-order valence-electron chi connectivity index (χ4n) is 2.84. The van der Waals surface area contributed by atoms with Crippen LogP contribution in [0, 0.1) is 0 Å². The highest BCUT2D eigenvalue weighted by atomic mass is 19.4. The van der Waals surface area contributed by atoms with E-state index in [0.29, 0.717) is 11.5 Å². The normalized spacial score (nSPS) is 11.3. The zero-order valence-electron chi connectivity index (χ0n) is 18.9. The summed E-state index contributed by atoms with van der Waals surface area (Å²) >= 11 is 0. The number of ether oxygens (including phenoxy) is 2.